The standard InChI is InChI=1S/C16H22N4/c1-14-12-18-20(13-14)11-5-10-19-9-4-7-16(19)15-6-2-3-8-17-15/h2-3,6,8,12-13,16H,4-5,7,9-11H2,1H3/t16-/m1/s1. The second kappa shape index (κ2) is 6.18. The highest BCUT2D eigenvalue weighted by atomic mass is 15.3. The molecule has 0 saturated carbocycles. The van der Waals surface area contributed by atoms with Crippen LogP contribution in [0.15, 0.2) is 36.8 Å². The highest BCUT2D eigenvalue weighted by Gasteiger charge is 2.26. The van der Waals surface area contributed by atoms with E-state index < -0.39 is 0 Å². The third-order valence-corrected chi connectivity index (χ3v) is 3.99. The maximum atomic E-state index is 4.52. The number of hydrogen-bond donors (Lipinski definition) is 0. The van der Waals surface area contributed by atoms with Crippen molar-refractivity contribution >= 4 is 0 Å². The van der Waals surface area contributed by atoms with Gasteiger partial charge in [-0.3, -0.25) is 14.6 Å². The van der Waals surface area contributed by atoms with Crippen LogP contribution < -0.4 is 0 Å². The molecule has 3 rings (SSSR count). The number of hydrogen-bond acceptors (Lipinski definition) is 3. The minimum atomic E-state index is 0.510. The van der Waals surface area contributed by atoms with Gasteiger partial charge in [0.15, 0.2) is 0 Å². The van der Waals surface area contributed by atoms with Crippen molar-refractivity contribution in [1.29, 1.82) is 0 Å². The smallest absolute Gasteiger partial charge is 0.0575 e. The number of nitrogens with zero attached hydrogens (tertiary/aromatic N) is 4. The molecule has 2 aromatic rings. The first kappa shape index (κ1) is 13.3. The van der Waals surface area contributed by atoms with Gasteiger partial charge in [0.25, 0.3) is 0 Å². The average molecular weight is 270 g/mol. The van der Waals surface area contributed by atoms with Crippen LogP contribution in [0.5, 0.6) is 0 Å². The lowest BCUT2D eigenvalue weighted by Gasteiger charge is -2.23. The van der Waals surface area contributed by atoms with E-state index in [-0.39, 0.29) is 0 Å². The van der Waals surface area contributed by atoms with Crippen molar-refractivity contribution in [2.45, 2.75) is 38.8 Å². The van der Waals surface area contributed by atoms with Crippen molar-refractivity contribution < 1.29 is 0 Å². The van der Waals surface area contributed by atoms with E-state index in [0.29, 0.717) is 6.04 Å². The van der Waals surface area contributed by atoms with Gasteiger partial charge in [0, 0.05) is 25.5 Å². The third kappa shape index (κ3) is 3.07. The molecule has 0 N–H and O–H groups in total. The Kier molecular flexibility index (Phi) is 4.11. The summed E-state index contributed by atoms with van der Waals surface area (Å²) >= 11 is 0. The number of aryl methyl sites for hydroxylation is 2. The van der Waals surface area contributed by atoms with Crippen molar-refractivity contribution in [3.05, 3.63) is 48.0 Å². The van der Waals surface area contributed by atoms with E-state index in [4.69, 9.17) is 0 Å². The number of likely N-dealkylation sites (tertiary alicyclic amines) is 1. The Bertz CT molecular complexity index is 534. The van der Waals surface area contributed by atoms with Gasteiger partial charge < -0.3 is 0 Å². The summed E-state index contributed by atoms with van der Waals surface area (Å²) in [7, 11) is 0. The first-order valence-corrected chi connectivity index (χ1v) is 7.47. The highest BCUT2D eigenvalue weighted by Crippen LogP contribution is 2.30. The second-order valence-corrected chi connectivity index (χ2v) is 5.58. The zero-order valence-electron chi connectivity index (χ0n) is 12.1. The van der Waals surface area contributed by atoms with Crippen LogP contribution in [0.3, 0.4) is 0 Å². The second-order valence-electron chi connectivity index (χ2n) is 5.58. The zero-order chi connectivity index (χ0) is 13.8. The maximum absolute atomic E-state index is 4.52. The molecule has 0 aliphatic carbocycles. The molecule has 0 spiro atoms. The summed E-state index contributed by atoms with van der Waals surface area (Å²) in [5.41, 5.74) is 2.46. The van der Waals surface area contributed by atoms with E-state index in [9.17, 15) is 0 Å². The highest BCUT2D eigenvalue weighted by molar-refractivity contribution is 5.10. The van der Waals surface area contributed by atoms with E-state index in [1.165, 1.54) is 30.6 Å². The van der Waals surface area contributed by atoms with E-state index >= 15 is 0 Å². The SMILES string of the molecule is Cc1cnn(CCCN2CCC[C@@H]2c2ccccn2)c1. The minimum Gasteiger partial charge on any atom is -0.295 e. The van der Waals surface area contributed by atoms with Gasteiger partial charge >= 0.3 is 0 Å². The van der Waals surface area contributed by atoms with Crippen LogP contribution >= 0.6 is 0 Å². The van der Waals surface area contributed by atoms with Gasteiger partial charge in [-0.25, -0.2) is 0 Å². The molecule has 1 aliphatic rings. The van der Waals surface area contributed by atoms with Crippen LogP contribution in [0.1, 0.15) is 36.6 Å². The summed E-state index contributed by atoms with van der Waals surface area (Å²) in [5, 5.41) is 4.34. The molecule has 4 heteroatoms. The Morgan fingerprint density at radius 3 is 3.00 bits per heavy atom. The Morgan fingerprint density at radius 2 is 2.25 bits per heavy atom. The van der Waals surface area contributed by atoms with Gasteiger partial charge in [-0.1, -0.05) is 6.07 Å². The van der Waals surface area contributed by atoms with Crippen LogP contribution in [0.25, 0.3) is 0 Å². The van der Waals surface area contributed by atoms with Crippen LogP contribution in [-0.4, -0.2) is 32.8 Å². The van der Waals surface area contributed by atoms with E-state index in [1.54, 1.807) is 0 Å². The van der Waals surface area contributed by atoms with E-state index in [2.05, 4.69) is 40.2 Å². The lowest BCUT2D eigenvalue weighted by molar-refractivity contribution is 0.244. The molecule has 20 heavy (non-hydrogen) atoms. The van der Waals surface area contributed by atoms with E-state index in [1.807, 2.05) is 23.1 Å². The van der Waals surface area contributed by atoms with Crippen molar-refractivity contribution in [2.24, 2.45) is 0 Å². The molecule has 0 aromatic carbocycles. The fraction of sp³-hybridized carbons (Fsp3) is 0.500. The summed E-state index contributed by atoms with van der Waals surface area (Å²) in [4.78, 5) is 7.09. The quantitative estimate of drug-likeness (QED) is 0.838. The Labute approximate surface area is 120 Å². The Balaban J connectivity index is 1.54. The molecule has 1 fully saturated rings. The molecule has 1 saturated heterocycles. The molecule has 1 atom stereocenters. The summed E-state index contributed by atoms with van der Waals surface area (Å²) in [6.45, 7) is 5.40. The van der Waals surface area contributed by atoms with Gasteiger partial charge in [-0.2, -0.15) is 5.10 Å². The van der Waals surface area contributed by atoms with Gasteiger partial charge in [-0.15, -0.1) is 0 Å². The third-order valence-electron chi connectivity index (χ3n) is 3.99. The summed E-state index contributed by atoms with van der Waals surface area (Å²) < 4.78 is 2.04. The molecule has 0 radical (unpaired) electrons. The molecule has 2 aromatic heterocycles. The lowest BCUT2D eigenvalue weighted by atomic mass is 10.1. The molecule has 0 unspecified atom stereocenters. The summed E-state index contributed by atoms with van der Waals surface area (Å²) in [5.74, 6) is 0. The molecule has 0 bridgehead atoms. The summed E-state index contributed by atoms with van der Waals surface area (Å²) in [6.07, 6.45) is 9.59. The molecular formula is C16H22N4. The molecule has 1 aliphatic heterocycles. The predicted molar refractivity (Wildman–Crippen MR) is 79.4 cm³/mol. The largest absolute Gasteiger partial charge is 0.295 e. The Morgan fingerprint density at radius 1 is 1.30 bits per heavy atom. The molecular weight excluding hydrogens is 248 g/mol. The molecule has 0 amide bonds. The Hall–Kier alpha value is -1.68. The fourth-order valence-electron chi connectivity index (χ4n) is 3.03. The van der Waals surface area contributed by atoms with Crippen LogP contribution in [0, 0.1) is 6.92 Å². The maximum Gasteiger partial charge on any atom is 0.0575 e. The molecule has 4 nitrogen and oxygen atoms in total. The lowest BCUT2D eigenvalue weighted by Crippen LogP contribution is -2.25. The molecule has 3 heterocycles. The molecule has 106 valence electrons. The minimum absolute atomic E-state index is 0.510. The van der Waals surface area contributed by atoms with E-state index in [0.717, 1.165) is 19.5 Å². The van der Waals surface area contributed by atoms with Crippen LogP contribution in [0.4, 0.5) is 0 Å². The van der Waals surface area contributed by atoms with Gasteiger partial charge in [0.05, 0.1) is 17.9 Å². The first-order chi connectivity index (χ1) is 9.83. The van der Waals surface area contributed by atoms with Gasteiger partial charge in [0.1, 0.15) is 0 Å². The van der Waals surface area contributed by atoms with Gasteiger partial charge in [0.2, 0.25) is 0 Å². The number of rotatable bonds is 5. The van der Waals surface area contributed by atoms with Crippen molar-refractivity contribution in [3.63, 3.8) is 0 Å². The van der Waals surface area contributed by atoms with Gasteiger partial charge in [-0.05, 0) is 50.4 Å². The van der Waals surface area contributed by atoms with Crippen molar-refractivity contribution in [1.82, 2.24) is 19.7 Å². The normalized spacial score (nSPS) is 19.6. The topological polar surface area (TPSA) is 34.0 Å². The van der Waals surface area contributed by atoms with Crippen LogP contribution in [0.2, 0.25) is 0 Å². The zero-order valence-corrected chi connectivity index (χ0v) is 12.1. The number of pyridine rings is 1. The first-order valence-electron chi connectivity index (χ1n) is 7.47. The monoisotopic (exact) mass is 270 g/mol. The number of aromatic nitrogens is 3. The van der Waals surface area contributed by atoms with Crippen molar-refractivity contribution in [2.75, 3.05) is 13.1 Å². The van der Waals surface area contributed by atoms with Crippen molar-refractivity contribution in [3.8, 4) is 0 Å². The predicted octanol–water partition coefficient (Wildman–Crippen LogP) is 2.81. The summed E-state index contributed by atoms with van der Waals surface area (Å²) in [6, 6.07) is 6.74. The fourth-order valence-corrected chi connectivity index (χ4v) is 3.03. The van der Waals surface area contributed by atoms with Crippen LogP contribution in [-0.2, 0) is 6.54 Å². The average Bonchev–Trinajstić information content (AvgIpc) is 3.09.